The second kappa shape index (κ2) is 7.47. The SMILES string of the molecule is C[C@@H](OC(=O)c1cc(S(N)(=O)=O)ccc1Cl)c1nnc(-c2ccccc2)o1. The Kier molecular flexibility index (Phi) is 5.26. The van der Waals surface area contributed by atoms with E-state index in [1.54, 1.807) is 12.1 Å². The minimum Gasteiger partial charge on any atom is -0.449 e. The molecule has 10 heteroatoms. The van der Waals surface area contributed by atoms with Crippen LogP contribution in [-0.4, -0.2) is 24.6 Å². The van der Waals surface area contributed by atoms with Gasteiger partial charge in [0.15, 0.2) is 6.10 Å². The van der Waals surface area contributed by atoms with Gasteiger partial charge >= 0.3 is 5.97 Å². The van der Waals surface area contributed by atoms with Gasteiger partial charge in [-0.2, -0.15) is 0 Å². The predicted molar refractivity (Wildman–Crippen MR) is 96.4 cm³/mol. The molecule has 3 rings (SSSR count). The molecule has 0 saturated carbocycles. The van der Waals surface area contributed by atoms with Crippen molar-refractivity contribution in [1.82, 2.24) is 10.2 Å². The van der Waals surface area contributed by atoms with Crippen LogP contribution in [0.15, 0.2) is 57.8 Å². The number of carbonyl (C=O) groups excluding carboxylic acids is 1. The Morgan fingerprint density at radius 1 is 1.19 bits per heavy atom. The molecule has 0 amide bonds. The van der Waals surface area contributed by atoms with Gasteiger partial charge in [0.1, 0.15) is 0 Å². The van der Waals surface area contributed by atoms with E-state index in [2.05, 4.69) is 10.2 Å². The van der Waals surface area contributed by atoms with E-state index < -0.39 is 22.1 Å². The smallest absolute Gasteiger partial charge is 0.340 e. The molecule has 1 heterocycles. The quantitative estimate of drug-likeness (QED) is 0.644. The lowest BCUT2D eigenvalue weighted by molar-refractivity contribution is 0.0280. The normalized spacial score (nSPS) is 12.6. The fourth-order valence-electron chi connectivity index (χ4n) is 2.21. The van der Waals surface area contributed by atoms with E-state index in [0.717, 1.165) is 11.6 Å². The van der Waals surface area contributed by atoms with E-state index in [4.69, 9.17) is 25.9 Å². The molecule has 0 radical (unpaired) electrons. The van der Waals surface area contributed by atoms with Gasteiger partial charge in [-0.05, 0) is 37.3 Å². The van der Waals surface area contributed by atoms with Crippen molar-refractivity contribution in [2.45, 2.75) is 17.9 Å². The van der Waals surface area contributed by atoms with E-state index in [9.17, 15) is 13.2 Å². The Morgan fingerprint density at radius 2 is 1.89 bits per heavy atom. The number of ether oxygens (including phenoxy) is 1. The number of esters is 1. The monoisotopic (exact) mass is 407 g/mol. The highest BCUT2D eigenvalue weighted by Crippen LogP contribution is 2.25. The Hall–Kier alpha value is -2.75. The maximum atomic E-state index is 12.4. The van der Waals surface area contributed by atoms with Crippen molar-refractivity contribution in [3.8, 4) is 11.5 Å². The highest BCUT2D eigenvalue weighted by molar-refractivity contribution is 7.89. The van der Waals surface area contributed by atoms with Crippen molar-refractivity contribution in [1.29, 1.82) is 0 Å². The molecule has 0 bridgehead atoms. The first-order valence-corrected chi connectivity index (χ1v) is 9.60. The zero-order valence-electron chi connectivity index (χ0n) is 14.0. The molecule has 0 aliphatic carbocycles. The van der Waals surface area contributed by atoms with Crippen LogP contribution in [0, 0.1) is 0 Å². The number of sulfonamides is 1. The zero-order valence-corrected chi connectivity index (χ0v) is 15.6. The van der Waals surface area contributed by atoms with Gasteiger partial charge in [0, 0.05) is 5.56 Å². The summed E-state index contributed by atoms with van der Waals surface area (Å²) in [5.74, 6) is -0.485. The molecule has 27 heavy (non-hydrogen) atoms. The molecule has 0 fully saturated rings. The first-order chi connectivity index (χ1) is 12.8. The van der Waals surface area contributed by atoms with E-state index in [-0.39, 0.29) is 27.3 Å². The molecule has 8 nitrogen and oxygen atoms in total. The van der Waals surface area contributed by atoms with Crippen LogP contribution in [-0.2, 0) is 14.8 Å². The number of aromatic nitrogens is 2. The summed E-state index contributed by atoms with van der Waals surface area (Å²) >= 11 is 5.97. The van der Waals surface area contributed by atoms with Crippen LogP contribution >= 0.6 is 11.6 Å². The van der Waals surface area contributed by atoms with Crippen LogP contribution in [0.2, 0.25) is 5.02 Å². The van der Waals surface area contributed by atoms with Gasteiger partial charge in [-0.1, -0.05) is 29.8 Å². The molecule has 1 aromatic heterocycles. The number of nitrogens with zero attached hydrogens (tertiary/aromatic N) is 2. The number of rotatable bonds is 5. The maximum absolute atomic E-state index is 12.4. The average Bonchev–Trinajstić information content (AvgIpc) is 3.12. The predicted octanol–water partition coefficient (Wildman–Crippen LogP) is 2.96. The van der Waals surface area contributed by atoms with Crippen molar-refractivity contribution >= 4 is 27.6 Å². The van der Waals surface area contributed by atoms with Crippen molar-refractivity contribution in [2.24, 2.45) is 5.14 Å². The number of halogens is 1. The third-order valence-corrected chi connectivity index (χ3v) is 4.82. The number of carbonyl (C=O) groups is 1. The molecule has 2 N–H and O–H groups in total. The number of benzene rings is 2. The van der Waals surface area contributed by atoms with E-state index in [0.29, 0.717) is 0 Å². The Bertz CT molecular complexity index is 1080. The first-order valence-electron chi connectivity index (χ1n) is 7.68. The fourth-order valence-corrected chi connectivity index (χ4v) is 2.94. The summed E-state index contributed by atoms with van der Waals surface area (Å²) in [5.41, 5.74) is 0.580. The molecule has 0 spiro atoms. The third kappa shape index (κ3) is 4.33. The maximum Gasteiger partial charge on any atom is 0.340 e. The molecular formula is C17H14ClN3O5S. The zero-order chi connectivity index (χ0) is 19.6. The second-order valence-electron chi connectivity index (χ2n) is 5.55. The van der Waals surface area contributed by atoms with E-state index in [1.165, 1.54) is 19.1 Å². The standard InChI is InChI=1S/C17H14ClN3O5S/c1-10(15-20-21-16(26-15)11-5-3-2-4-6-11)25-17(22)13-9-12(27(19,23)24)7-8-14(13)18/h2-10H,1H3,(H2,19,23,24)/t10-/m1/s1. The van der Waals surface area contributed by atoms with Gasteiger partial charge in [-0.3, -0.25) is 0 Å². The summed E-state index contributed by atoms with van der Waals surface area (Å²) in [4.78, 5) is 12.1. The van der Waals surface area contributed by atoms with Crippen LogP contribution in [0.4, 0.5) is 0 Å². The minimum absolute atomic E-state index is 0.0232. The summed E-state index contributed by atoms with van der Waals surface area (Å²) in [6.07, 6.45) is -0.878. The highest BCUT2D eigenvalue weighted by Gasteiger charge is 2.23. The lowest BCUT2D eigenvalue weighted by atomic mass is 10.2. The molecule has 140 valence electrons. The fraction of sp³-hybridized carbons (Fsp3) is 0.118. The number of hydrogen-bond acceptors (Lipinski definition) is 7. The second-order valence-corrected chi connectivity index (χ2v) is 7.51. The van der Waals surface area contributed by atoms with Gasteiger partial charge < -0.3 is 9.15 Å². The van der Waals surface area contributed by atoms with Crippen LogP contribution in [0.3, 0.4) is 0 Å². The lowest BCUT2D eigenvalue weighted by Crippen LogP contribution is -2.15. The lowest BCUT2D eigenvalue weighted by Gasteiger charge is -2.11. The summed E-state index contributed by atoms with van der Waals surface area (Å²) in [7, 11) is -3.99. The van der Waals surface area contributed by atoms with Gasteiger partial charge in [-0.25, -0.2) is 18.4 Å². The molecule has 0 aliphatic rings. The molecule has 0 saturated heterocycles. The molecular weight excluding hydrogens is 394 g/mol. The number of hydrogen-bond donors (Lipinski definition) is 1. The summed E-state index contributed by atoms with van der Waals surface area (Å²) in [6, 6.07) is 12.6. The van der Waals surface area contributed by atoms with E-state index >= 15 is 0 Å². The van der Waals surface area contributed by atoms with Crippen LogP contribution in [0.5, 0.6) is 0 Å². The van der Waals surface area contributed by atoms with Crippen molar-refractivity contribution < 1.29 is 22.4 Å². The molecule has 0 unspecified atom stereocenters. The average molecular weight is 408 g/mol. The molecule has 2 aromatic carbocycles. The van der Waals surface area contributed by atoms with Crippen molar-refractivity contribution in [3.05, 3.63) is 65.0 Å². The van der Waals surface area contributed by atoms with Gasteiger partial charge in [0.25, 0.3) is 5.89 Å². The number of nitrogens with two attached hydrogens (primary N) is 1. The third-order valence-electron chi connectivity index (χ3n) is 3.58. The van der Waals surface area contributed by atoms with Crippen molar-refractivity contribution in [2.75, 3.05) is 0 Å². The molecule has 0 aliphatic heterocycles. The Labute approximate surface area is 160 Å². The summed E-state index contributed by atoms with van der Waals surface area (Å²) in [5, 5.41) is 12.9. The van der Waals surface area contributed by atoms with Crippen LogP contribution in [0.25, 0.3) is 11.5 Å². The highest BCUT2D eigenvalue weighted by atomic mass is 35.5. The minimum atomic E-state index is -3.99. The number of primary sulfonamides is 1. The van der Waals surface area contributed by atoms with Gasteiger partial charge in [0.05, 0.1) is 15.5 Å². The van der Waals surface area contributed by atoms with E-state index in [1.807, 2.05) is 18.2 Å². The van der Waals surface area contributed by atoms with Crippen LogP contribution < -0.4 is 5.14 Å². The largest absolute Gasteiger partial charge is 0.449 e. The van der Waals surface area contributed by atoms with Gasteiger partial charge in [0.2, 0.25) is 15.9 Å². The molecule has 3 aromatic rings. The van der Waals surface area contributed by atoms with Gasteiger partial charge in [-0.15, -0.1) is 10.2 Å². The molecule has 1 atom stereocenters. The van der Waals surface area contributed by atoms with Crippen LogP contribution in [0.1, 0.15) is 29.3 Å². The Balaban J connectivity index is 1.80. The topological polar surface area (TPSA) is 125 Å². The first kappa shape index (κ1) is 19.0. The summed E-state index contributed by atoms with van der Waals surface area (Å²) < 4.78 is 33.7. The Morgan fingerprint density at radius 3 is 2.56 bits per heavy atom. The van der Waals surface area contributed by atoms with Crippen molar-refractivity contribution in [3.63, 3.8) is 0 Å². The summed E-state index contributed by atoms with van der Waals surface area (Å²) in [6.45, 7) is 1.54.